The van der Waals surface area contributed by atoms with E-state index in [-0.39, 0.29) is 11.8 Å². The molecule has 184 valence electrons. The average Bonchev–Trinajstić information content (AvgIpc) is 3.35. The van der Waals surface area contributed by atoms with E-state index in [1.165, 1.54) is 13.2 Å². The summed E-state index contributed by atoms with van der Waals surface area (Å²) in [6.07, 6.45) is 3.23. The van der Waals surface area contributed by atoms with E-state index in [0.717, 1.165) is 48.4 Å². The van der Waals surface area contributed by atoms with Gasteiger partial charge in [0, 0.05) is 17.8 Å². The fourth-order valence-corrected chi connectivity index (χ4v) is 4.50. The van der Waals surface area contributed by atoms with Gasteiger partial charge in [0.25, 0.3) is 5.89 Å². The molecule has 0 bridgehead atoms. The third kappa shape index (κ3) is 5.14. The van der Waals surface area contributed by atoms with Gasteiger partial charge in [0.05, 0.1) is 25.8 Å². The van der Waals surface area contributed by atoms with Crippen LogP contribution in [0.2, 0.25) is 0 Å². The molecule has 1 atom stereocenters. The number of allylic oxidation sites excluding steroid dienone is 1. The number of ether oxygens (including phenoxy) is 2. The molecule has 0 fully saturated rings. The van der Waals surface area contributed by atoms with Crippen LogP contribution >= 0.6 is 12.2 Å². The van der Waals surface area contributed by atoms with Gasteiger partial charge < -0.3 is 24.2 Å². The first-order valence-electron chi connectivity index (χ1n) is 11.6. The van der Waals surface area contributed by atoms with Gasteiger partial charge in [-0.1, -0.05) is 37.1 Å². The minimum atomic E-state index is -0.491. The SMILES string of the molecule is CCCCCN1C(=S)NC(c2ccc(OC)cc2)C(c2nc(-c3ccc(OC)c(F)c3)no2)=C1C. The van der Waals surface area contributed by atoms with Crippen LogP contribution < -0.4 is 14.8 Å². The highest BCUT2D eigenvalue weighted by Gasteiger charge is 2.34. The van der Waals surface area contributed by atoms with Crippen molar-refractivity contribution in [3.8, 4) is 22.9 Å². The second-order valence-corrected chi connectivity index (χ2v) is 8.67. The lowest BCUT2D eigenvalue weighted by molar-refractivity contribution is 0.386. The van der Waals surface area contributed by atoms with E-state index in [1.54, 1.807) is 19.2 Å². The Morgan fingerprint density at radius 3 is 2.54 bits per heavy atom. The van der Waals surface area contributed by atoms with Crippen molar-refractivity contribution in [2.45, 2.75) is 39.2 Å². The van der Waals surface area contributed by atoms with Crippen molar-refractivity contribution in [2.75, 3.05) is 20.8 Å². The molecule has 1 aliphatic heterocycles. The van der Waals surface area contributed by atoms with E-state index >= 15 is 0 Å². The Labute approximate surface area is 209 Å². The summed E-state index contributed by atoms with van der Waals surface area (Å²) in [6, 6.07) is 12.0. The molecule has 1 aliphatic rings. The summed E-state index contributed by atoms with van der Waals surface area (Å²) < 4.78 is 30.3. The molecule has 0 saturated carbocycles. The Morgan fingerprint density at radius 1 is 1.11 bits per heavy atom. The Morgan fingerprint density at radius 2 is 1.89 bits per heavy atom. The number of methoxy groups -OCH3 is 2. The number of unbranched alkanes of at least 4 members (excludes halogenated alkanes) is 2. The lowest BCUT2D eigenvalue weighted by Crippen LogP contribution is -2.46. The van der Waals surface area contributed by atoms with Crippen LogP contribution in [0.25, 0.3) is 17.0 Å². The molecule has 0 saturated heterocycles. The van der Waals surface area contributed by atoms with E-state index in [9.17, 15) is 4.39 Å². The van der Waals surface area contributed by atoms with Gasteiger partial charge in [-0.05, 0) is 61.5 Å². The first-order chi connectivity index (χ1) is 17.0. The highest BCUT2D eigenvalue weighted by Crippen LogP contribution is 2.38. The van der Waals surface area contributed by atoms with Gasteiger partial charge >= 0.3 is 0 Å². The summed E-state index contributed by atoms with van der Waals surface area (Å²) in [5.74, 6) is 1.07. The largest absolute Gasteiger partial charge is 0.497 e. The van der Waals surface area contributed by atoms with Crippen LogP contribution in [-0.2, 0) is 0 Å². The molecule has 0 spiro atoms. The highest BCUT2D eigenvalue weighted by atomic mass is 32.1. The zero-order chi connectivity index (χ0) is 24.9. The van der Waals surface area contributed by atoms with E-state index in [1.807, 2.05) is 31.2 Å². The molecular weight excluding hydrogens is 467 g/mol. The van der Waals surface area contributed by atoms with E-state index in [2.05, 4.69) is 27.3 Å². The molecular formula is C26H29FN4O3S. The maximum Gasteiger partial charge on any atom is 0.258 e. The summed E-state index contributed by atoms with van der Waals surface area (Å²) in [5.41, 5.74) is 3.25. The van der Waals surface area contributed by atoms with Crippen molar-refractivity contribution in [3.63, 3.8) is 0 Å². The molecule has 3 aromatic rings. The monoisotopic (exact) mass is 496 g/mol. The third-order valence-electron chi connectivity index (χ3n) is 6.10. The Bertz CT molecular complexity index is 1230. The number of hydrogen-bond donors (Lipinski definition) is 1. The van der Waals surface area contributed by atoms with Crippen LogP contribution in [0, 0.1) is 5.82 Å². The van der Waals surface area contributed by atoms with Crippen molar-refractivity contribution in [3.05, 3.63) is 65.4 Å². The number of thiocarbonyl (C=S) groups is 1. The summed E-state index contributed by atoms with van der Waals surface area (Å²) in [7, 11) is 3.06. The molecule has 0 aliphatic carbocycles. The van der Waals surface area contributed by atoms with Crippen LogP contribution in [0.5, 0.6) is 11.5 Å². The summed E-state index contributed by atoms with van der Waals surface area (Å²) in [4.78, 5) is 6.72. The molecule has 1 N–H and O–H groups in total. The van der Waals surface area contributed by atoms with Gasteiger partial charge in [-0.25, -0.2) is 4.39 Å². The van der Waals surface area contributed by atoms with Crippen molar-refractivity contribution < 1.29 is 18.4 Å². The molecule has 0 amide bonds. The number of rotatable bonds is 9. The molecule has 1 unspecified atom stereocenters. The zero-order valence-corrected chi connectivity index (χ0v) is 21.1. The lowest BCUT2D eigenvalue weighted by Gasteiger charge is -2.37. The van der Waals surface area contributed by atoms with Crippen LogP contribution in [0.3, 0.4) is 0 Å². The Kier molecular flexibility index (Phi) is 7.65. The number of benzene rings is 2. The zero-order valence-electron chi connectivity index (χ0n) is 20.3. The van der Waals surface area contributed by atoms with Crippen LogP contribution in [0.15, 0.2) is 52.7 Å². The van der Waals surface area contributed by atoms with E-state index in [4.69, 9.17) is 26.2 Å². The summed E-state index contributed by atoms with van der Waals surface area (Å²) in [5, 5.41) is 8.25. The molecule has 4 rings (SSSR count). The quantitative estimate of drug-likeness (QED) is 0.297. The van der Waals surface area contributed by atoms with Crippen molar-refractivity contribution in [1.29, 1.82) is 0 Å². The predicted molar refractivity (Wildman–Crippen MR) is 137 cm³/mol. The lowest BCUT2D eigenvalue weighted by atomic mass is 9.94. The Hall–Kier alpha value is -3.46. The van der Waals surface area contributed by atoms with E-state index < -0.39 is 5.82 Å². The number of halogens is 1. The van der Waals surface area contributed by atoms with Gasteiger partial charge in [0.15, 0.2) is 16.7 Å². The molecule has 9 heteroatoms. The molecule has 2 aromatic carbocycles. The van der Waals surface area contributed by atoms with Crippen molar-refractivity contribution >= 4 is 22.9 Å². The molecule has 1 aromatic heterocycles. The average molecular weight is 497 g/mol. The molecule has 0 radical (unpaired) electrons. The van der Waals surface area contributed by atoms with Crippen LogP contribution in [0.4, 0.5) is 4.39 Å². The van der Waals surface area contributed by atoms with Gasteiger partial charge in [0.2, 0.25) is 5.82 Å². The fraction of sp³-hybridized carbons (Fsp3) is 0.346. The summed E-state index contributed by atoms with van der Waals surface area (Å²) >= 11 is 5.74. The second-order valence-electron chi connectivity index (χ2n) is 8.29. The molecule has 35 heavy (non-hydrogen) atoms. The van der Waals surface area contributed by atoms with Crippen molar-refractivity contribution in [2.24, 2.45) is 0 Å². The van der Waals surface area contributed by atoms with Crippen LogP contribution in [-0.4, -0.2) is 40.9 Å². The number of nitrogens with one attached hydrogen (secondary N) is 1. The number of hydrogen-bond acceptors (Lipinski definition) is 6. The maximum atomic E-state index is 14.3. The second kappa shape index (κ2) is 10.9. The van der Waals surface area contributed by atoms with Gasteiger partial charge in [0.1, 0.15) is 5.75 Å². The smallest absolute Gasteiger partial charge is 0.258 e. The maximum absolute atomic E-state index is 14.3. The van der Waals surface area contributed by atoms with Crippen molar-refractivity contribution in [1.82, 2.24) is 20.4 Å². The Balaban J connectivity index is 1.75. The van der Waals surface area contributed by atoms with E-state index in [0.29, 0.717) is 22.4 Å². The minimum absolute atomic E-state index is 0.156. The number of nitrogens with zero attached hydrogens (tertiary/aromatic N) is 3. The topological polar surface area (TPSA) is 72.7 Å². The first-order valence-corrected chi connectivity index (χ1v) is 12.0. The normalized spacial score (nSPS) is 15.9. The number of aromatic nitrogens is 2. The minimum Gasteiger partial charge on any atom is -0.497 e. The summed E-state index contributed by atoms with van der Waals surface area (Å²) in [6.45, 7) is 4.97. The van der Waals surface area contributed by atoms with Gasteiger partial charge in [-0.15, -0.1) is 0 Å². The standard InChI is InChI=1S/C26H29FN4O3S/c1-5-6-7-14-31-16(2)22(23(28-26(31)35)17-8-11-19(32-3)12-9-17)25-29-24(30-34-25)18-10-13-21(33-4)20(27)15-18/h8-13,15,23H,5-7,14H2,1-4H3,(H,28,35). The van der Waals surface area contributed by atoms with Gasteiger partial charge in [-0.3, -0.25) is 0 Å². The van der Waals surface area contributed by atoms with Crippen LogP contribution in [0.1, 0.15) is 50.6 Å². The molecule has 7 nitrogen and oxygen atoms in total. The third-order valence-corrected chi connectivity index (χ3v) is 6.44. The van der Waals surface area contributed by atoms with Gasteiger partial charge in [-0.2, -0.15) is 4.98 Å². The highest BCUT2D eigenvalue weighted by molar-refractivity contribution is 7.80. The fourth-order valence-electron chi connectivity index (χ4n) is 4.15. The first kappa shape index (κ1) is 24.7. The molecule has 2 heterocycles. The predicted octanol–water partition coefficient (Wildman–Crippen LogP) is 5.75.